The van der Waals surface area contributed by atoms with E-state index in [-0.39, 0.29) is 11.0 Å². The van der Waals surface area contributed by atoms with Gasteiger partial charge in [-0.25, -0.2) is 9.97 Å². The lowest BCUT2D eigenvalue weighted by Crippen LogP contribution is -2.34. The van der Waals surface area contributed by atoms with Crippen LogP contribution in [-0.4, -0.2) is 15.5 Å². The smallest absolute Gasteiger partial charge is 0.137 e. The first-order chi connectivity index (χ1) is 8.61. The van der Waals surface area contributed by atoms with E-state index >= 15 is 0 Å². The lowest BCUT2D eigenvalue weighted by atomic mass is 9.95. The number of hydrogen-bond donors (Lipinski definition) is 1. The Morgan fingerprint density at radius 1 is 1.11 bits per heavy atom. The van der Waals surface area contributed by atoms with Gasteiger partial charge in [-0.1, -0.05) is 32.4 Å². The summed E-state index contributed by atoms with van der Waals surface area (Å²) >= 11 is 6.26. The number of rotatable bonds is 3. The predicted octanol–water partition coefficient (Wildman–Crippen LogP) is 4.34. The second-order valence-corrected chi connectivity index (χ2v) is 7.54. The largest absolute Gasteiger partial charge is 0.365 e. The average molecular weight is 282 g/mol. The van der Waals surface area contributed by atoms with Gasteiger partial charge in [0.15, 0.2) is 0 Å². The molecule has 0 saturated heterocycles. The van der Waals surface area contributed by atoms with Gasteiger partial charge in [-0.05, 0) is 39.5 Å². The Bertz CT molecular complexity index is 485. The second kappa shape index (κ2) is 4.62. The summed E-state index contributed by atoms with van der Waals surface area (Å²) in [5, 5.41) is 4.12. The van der Waals surface area contributed by atoms with E-state index in [1.165, 1.54) is 12.8 Å². The van der Waals surface area contributed by atoms with Crippen molar-refractivity contribution in [3.8, 4) is 0 Å². The van der Waals surface area contributed by atoms with Crippen LogP contribution in [0.15, 0.2) is 0 Å². The summed E-state index contributed by atoms with van der Waals surface area (Å²) in [5.41, 5.74) is 0.901. The molecule has 1 aromatic rings. The highest BCUT2D eigenvalue weighted by atomic mass is 35.5. The molecule has 0 radical (unpaired) electrons. The summed E-state index contributed by atoms with van der Waals surface area (Å²) in [5.74, 6) is 2.40. The minimum atomic E-state index is -0.0997. The van der Waals surface area contributed by atoms with Crippen LogP contribution in [0.2, 0.25) is 5.15 Å². The summed E-state index contributed by atoms with van der Waals surface area (Å²) in [7, 11) is 0. The van der Waals surface area contributed by atoms with Crippen LogP contribution in [0.25, 0.3) is 0 Å². The molecule has 1 fully saturated rings. The summed E-state index contributed by atoms with van der Waals surface area (Å²) in [4.78, 5) is 9.10. The van der Waals surface area contributed by atoms with Crippen LogP contribution in [0, 0.1) is 12.8 Å². The van der Waals surface area contributed by atoms with E-state index in [4.69, 9.17) is 16.6 Å². The first kappa shape index (κ1) is 14.6. The SMILES string of the molecule is Cc1c(Cl)nc(C(C)(C)C)nc1NC(C)(C)C1CC1. The summed E-state index contributed by atoms with van der Waals surface area (Å²) in [6.45, 7) is 12.7. The van der Waals surface area contributed by atoms with Crippen molar-refractivity contribution in [2.45, 2.75) is 65.3 Å². The van der Waals surface area contributed by atoms with Gasteiger partial charge in [0.1, 0.15) is 16.8 Å². The molecule has 0 bridgehead atoms. The van der Waals surface area contributed by atoms with Crippen LogP contribution in [-0.2, 0) is 5.41 Å². The molecule has 1 N–H and O–H groups in total. The maximum atomic E-state index is 6.26. The Labute approximate surface area is 121 Å². The van der Waals surface area contributed by atoms with Gasteiger partial charge in [-0.2, -0.15) is 0 Å². The van der Waals surface area contributed by atoms with Crippen LogP contribution in [0.1, 0.15) is 58.8 Å². The standard InChI is InChI=1S/C15H24ClN3/c1-9-11(16)17-13(14(2,3)4)18-12(9)19-15(5,6)10-7-8-10/h10H,7-8H2,1-6H3,(H,17,18,19). The summed E-state index contributed by atoms with van der Waals surface area (Å²) in [6.07, 6.45) is 2.59. The molecule has 1 aliphatic carbocycles. The quantitative estimate of drug-likeness (QED) is 0.838. The number of anilines is 1. The monoisotopic (exact) mass is 281 g/mol. The zero-order chi connectivity index (χ0) is 14.4. The normalized spacial score (nSPS) is 16.6. The van der Waals surface area contributed by atoms with Crippen LogP contribution in [0.4, 0.5) is 5.82 Å². The molecule has 0 spiro atoms. The van der Waals surface area contributed by atoms with Crippen molar-refractivity contribution in [1.29, 1.82) is 0 Å². The van der Waals surface area contributed by atoms with E-state index in [0.29, 0.717) is 5.15 Å². The Hall–Kier alpha value is -0.830. The maximum absolute atomic E-state index is 6.26. The second-order valence-electron chi connectivity index (χ2n) is 7.18. The zero-order valence-corrected chi connectivity index (χ0v) is 13.5. The van der Waals surface area contributed by atoms with Crippen molar-refractivity contribution in [1.82, 2.24) is 9.97 Å². The molecule has 1 saturated carbocycles. The number of aromatic nitrogens is 2. The van der Waals surface area contributed by atoms with Gasteiger partial charge in [0.25, 0.3) is 0 Å². The van der Waals surface area contributed by atoms with E-state index in [1.54, 1.807) is 0 Å². The highest BCUT2D eigenvalue weighted by Gasteiger charge is 2.38. The van der Waals surface area contributed by atoms with E-state index in [1.807, 2.05) is 6.92 Å². The van der Waals surface area contributed by atoms with Crippen LogP contribution in [0.3, 0.4) is 0 Å². The molecule has 1 heterocycles. The first-order valence-electron chi connectivity index (χ1n) is 6.94. The molecule has 3 nitrogen and oxygen atoms in total. The Morgan fingerprint density at radius 2 is 1.68 bits per heavy atom. The number of nitrogens with zero attached hydrogens (tertiary/aromatic N) is 2. The van der Waals surface area contributed by atoms with Crippen LogP contribution < -0.4 is 5.32 Å². The lowest BCUT2D eigenvalue weighted by molar-refractivity contribution is 0.488. The van der Waals surface area contributed by atoms with E-state index in [0.717, 1.165) is 23.1 Å². The summed E-state index contributed by atoms with van der Waals surface area (Å²) < 4.78 is 0. The van der Waals surface area contributed by atoms with Crippen molar-refractivity contribution in [3.05, 3.63) is 16.5 Å². The molecule has 2 rings (SSSR count). The first-order valence-corrected chi connectivity index (χ1v) is 7.32. The van der Waals surface area contributed by atoms with Gasteiger partial charge in [0.05, 0.1) is 0 Å². The fraction of sp³-hybridized carbons (Fsp3) is 0.733. The molecule has 1 aliphatic rings. The predicted molar refractivity (Wildman–Crippen MR) is 80.9 cm³/mol. The molecule has 0 amide bonds. The topological polar surface area (TPSA) is 37.8 Å². The third-order valence-corrected chi connectivity index (χ3v) is 4.16. The third-order valence-electron chi connectivity index (χ3n) is 3.80. The molecule has 106 valence electrons. The fourth-order valence-electron chi connectivity index (χ4n) is 2.16. The average Bonchev–Trinajstić information content (AvgIpc) is 3.06. The molecule has 1 aromatic heterocycles. The Morgan fingerprint density at radius 3 is 2.16 bits per heavy atom. The highest BCUT2D eigenvalue weighted by molar-refractivity contribution is 6.30. The molecular formula is C15H24ClN3. The minimum Gasteiger partial charge on any atom is -0.365 e. The molecule has 0 unspecified atom stereocenters. The van der Waals surface area contributed by atoms with Crippen molar-refractivity contribution >= 4 is 17.4 Å². The van der Waals surface area contributed by atoms with E-state index in [9.17, 15) is 0 Å². The van der Waals surface area contributed by atoms with Gasteiger partial charge in [0.2, 0.25) is 0 Å². The molecular weight excluding hydrogens is 258 g/mol. The third kappa shape index (κ3) is 3.19. The van der Waals surface area contributed by atoms with Gasteiger partial charge in [-0.15, -0.1) is 0 Å². The van der Waals surface area contributed by atoms with Gasteiger partial charge in [-0.3, -0.25) is 0 Å². The minimum absolute atomic E-state index is 0.0671. The molecule has 0 atom stereocenters. The molecule has 0 aliphatic heterocycles. The summed E-state index contributed by atoms with van der Waals surface area (Å²) in [6, 6.07) is 0. The van der Waals surface area contributed by atoms with E-state index in [2.05, 4.69) is 44.9 Å². The van der Waals surface area contributed by atoms with Gasteiger partial charge >= 0.3 is 0 Å². The number of nitrogens with one attached hydrogen (secondary N) is 1. The molecule has 0 aromatic carbocycles. The maximum Gasteiger partial charge on any atom is 0.137 e. The number of hydrogen-bond acceptors (Lipinski definition) is 3. The molecule has 4 heteroatoms. The fourth-order valence-corrected chi connectivity index (χ4v) is 2.33. The van der Waals surface area contributed by atoms with Gasteiger partial charge in [0, 0.05) is 16.5 Å². The van der Waals surface area contributed by atoms with Crippen molar-refractivity contribution < 1.29 is 0 Å². The van der Waals surface area contributed by atoms with Gasteiger partial charge < -0.3 is 5.32 Å². The van der Waals surface area contributed by atoms with Crippen molar-refractivity contribution in [3.63, 3.8) is 0 Å². The lowest BCUT2D eigenvalue weighted by Gasteiger charge is -2.29. The zero-order valence-electron chi connectivity index (χ0n) is 12.8. The van der Waals surface area contributed by atoms with Crippen molar-refractivity contribution in [2.75, 3.05) is 5.32 Å². The van der Waals surface area contributed by atoms with Crippen LogP contribution >= 0.6 is 11.6 Å². The highest BCUT2D eigenvalue weighted by Crippen LogP contribution is 2.41. The van der Waals surface area contributed by atoms with Crippen LogP contribution in [0.5, 0.6) is 0 Å². The Balaban J connectivity index is 2.36. The van der Waals surface area contributed by atoms with E-state index < -0.39 is 0 Å². The van der Waals surface area contributed by atoms with Crippen molar-refractivity contribution in [2.24, 2.45) is 5.92 Å². The molecule has 19 heavy (non-hydrogen) atoms. The number of halogens is 1. The Kier molecular flexibility index (Phi) is 3.54.